The summed E-state index contributed by atoms with van der Waals surface area (Å²) in [7, 11) is 1.27. The highest BCUT2D eigenvalue weighted by Crippen LogP contribution is 2.69. The molecule has 0 radical (unpaired) electrons. The molecule has 6 unspecified atom stereocenters. The molecular weight excluding hydrogens is 813 g/mol. The second-order valence-electron chi connectivity index (χ2n) is 18.8. The molecule has 0 amide bonds. The minimum Gasteiger partial charge on any atom is -0.482 e. The van der Waals surface area contributed by atoms with Crippen LogP contribution < -0.4 is 19.5 Å². The van der Waals surface area contributed by atoms with E-state index in [1.165, 1.54) is 25.1 Å². The molecule has 7 aliphatic rings. The number of methoxy groups -OCH3 is 1. The fourth-order valence-electron chi connectivity index (χ4n) is 10.5. The number of hydrogen-bond acceptors (Lipinski definition) is 15. The zero-order chi connectivity index (χ0) is 45.5. The van der Waals surface area contributed by atoms with Gasteiger partial charge in [-0.3, -0.25) is 4.79 Å². The van der Waals surface area contributed by atoms with Gasteiger partial charge >= 0.3 is 5.97 Å². The smallest absolute Gasteiger partial charge is 0.333 e. The third-order valence-corrected chi connectivity index (χ3v) is 13.8. The lowest BCUT2D eigenvalue weighted by Gasteiger charge is -2.65. The van der Waals surface area contributed by atoms with Crippen molar-refractivity contribution in [1.29, 1.82) is 0 Å². The van der Waals surface area contributed by atoms with E-state index in [0.29, 0.717) is 58.9 Å². The van der Waals surface area contributed by atoms with Crippen molar-refractivity contribution in [2.45, 2.75) is 141 Å². The number of allylic oxidation sites excluding steroid dienone is 4. The molecule has 16 heteroatoms. The van der Waals surface area contributed by atoms with E-state index in [9.17, 15) is 30.3 Å². The Hall–Kier alpha value is -4.84. The standard InChI is InChI=1S/C47H60N4O12/c1-22(2)11-10-16-45(8)17-15-27-38(62-45)26(13-12-23(3)4)40-31(39(27)61-43-37(55)36(54)35(53)30(20-52)60-43)33-32-34(51-44(50-33)48-21-49-51)28-19-29(24(5)6)47(32,63-40)46(58,41(28)56)18-14-25(7)42(57)59-9/h11-12,14-15,17,21,24,28-30,34-37,43,52-55,58H,10,13,16,18-20H2,1-9H3,(H,48,49,50)/b25-14-/t28?,29?,30-,34?,35-,36+,37-,43+,45?,46?,47?/m1/s1. The van der Waals surface area contributed by atoms with Gasteiger partial charge in [-0.2, -0.15) is 10.1 Å². The number of esters is 1. The van der Waals surface area contributed by atoms with E-state index in [4.69, 9.17) is 23.7 Å². The van der Waals surface area contributed by atoms with Gasteiger partial charge in [0.15, 0.2) is 17.0 Å². The average Bonchev–Trinajstić information content (AvgIpc) is 3.72. The zero-order valence-corrected chi connectivity index (χ0v) is 37.3. The van der Waals surface area contributed by atoms with Crippen molar-refractivity contribution in [3.63, 3.8) is 0 Å². The third kappa shape index (κ3) is 6.95. The number of nitrogens with one attached hydrogen (secondary N) is 1. The lowest BCUT2D eigenvalue weighted by molar-refractivity contribution is -0.277. The summed E-state index contributed by atoms with van der Waals surface area (Å²) in [6.07, 6.45) is 4.58. The van der Waals surface area contributed by atoms with Crippen molar-refractivity contribution in [1.82, 2.24) is 14.8 Å². The molecule has 5 heterocycles. The Morgan fingerprint density at radius 2 is 1.78 bits per heavy atom. The number of aromatic nitrogens is 3. The molecule has 2 bridgehead atoms. The van der Waals surface area contributed by atoms with Gasteiger partial charge in [-0.1, -0.05) is 43.2 Å². The molecule has 1 aromatic carbocycles. The summed E-state index contributed by atoms with van der Waals surface area (Å²) in [5.74, 6) is -1.40. The maximum Gasteiger partial charge on any atom is 0.333 e. The first-order valence-corrected chi connectivity index (χ1v) is 21.8. The SMILES string of the molecule is COC(=O)/C(C)=C\CC1(O)C(=O)C2CC(C(C)C)C13Oc1c(CC=C(C)C)c4c(c(O[C@@H]5O[C@H](CO)[C@@H](O)[C@H](O)[C@H]5O)c1C1=C3C2n2ncnc2N1)C=CC(C)(CCC=C(C)C)O4. The number of fused-ring (bicyclic) bond motifs is 6. The Morgan fingerprint density at radius 3 is 2.44 bits per heavy atom. The average molecular weight is 873 g/mol. The monoisotopic (exact) mass is 872 g/mol. The normalized spacial score (nSPS) is 33.6. The second-order valence-corrected chi connectivity index (χ2v) is 18.8. The van der Waals surface area contributed by atoms with Crippen molar-refractivity contribution in [3.05, 3.63) is 69.6 Å². The van der Waals surface area contributed by atoms with Crippen LogP contribution in [0.5, 0.6) is 17.2 Å². The zero-order valence-electron chi connectivity index (χ0n) is 37.3. The Morgan fingerprint density at radius 1 is 1.05 bits per heavy atom. The summed E-state index contributed by atoms with van der Waals surface area (Å²) in [5.41, 5.74) is -0.0615. The topological polar surface area (TPSA) is 224 Å². The molecule has 63 heavy (non-hydrogen) atoms. The number of nitrogens with zero attached hydrogens (tertiary/aromatic N) is 3. The van der Waals surface area contributed by atoms with E-state index in [-0.39, 0.29) is 35.8 Å². The fraction of sp³-hybridized carbons (Fsp3) is 0.574. The molecule has 1 aromatic heterocycles. The van der Waals surface area contributed by atoms with E-state index in [1.807, 2.05) is 66.7 Å². The maximum absolute atomic E-state index is 15.2. The van der Waals surface area contributed by atoms with Gasteiger partial charge in [0, 0.05) is 35.0 Å². The second kappa shape index (κ2) is 16.3. The van der Waals surface area contributed by atoms with Gasteiger partial charge in [-0.05, 0) is 85.3 Å². The van der Waals surface area contributed by atoms with Gasteiger partial charge in [-0.25, -0.2) is 9.48 Å². The van der Waals surface area contributed by atoms with Gasteiger partial charge in [-0.15, -0.1) is 0 Å². The van der Waals surface area contributed by atoms with E-state index < -0.39 is 83.7 Å². The molecule has 2 aromatic rings. The van der Waals surface area contributed by atoms with E-state index in [0.717, 1.165) is 5.57 Å². The predicted molar refractivity (Wildman–Crippen MR) is 230 cm³/mol. The molecule has 1 spiro atoms. The van der Waals surface area contributed by atoms with E-state index in [2.05, 4.69) is 21.5 Å². The number of aliphatic hydroxyl groups excluding tert-OH is 4. The van der Waals surface area contributed by atoms with E-state index in [1.54, 1.807) is 11.6 Å². The minimum atomic E-state index is -2.23. The fourth-order valence-corrected chi connectivity index (χ4v) is 10.5. The lowest BCUT2D eigenvalue weighted by Crippen LogP contribution is -2.78. The Kier molecular flexibility index (Phi) is 11.6. The Balaban J connectivity index is 1.46. The van der Waals surface area contributed by atoms with Crippen molar-refractivity contribution in [3.8, 4) is 17.2 Å². The number of rotatable bonds is 12. The summed E-state index contributed by atoms with van der Waals surface area (Å²) < 4.78 is 34.1. The van der Waals surface area contributed by atoms with Crippen molar-refractivity contribution >= 4 is 29.5 Å². The largest absolute Gasteiger partial charge is 0.482 e. The molecule has 1 saturated heterocycles. The van der Waals surface area contributed by atoms with Gasteiger partial charge in [0.2, 0.25) is 12.2 Å². The van der Waals surface area contributed by atoms with Gasteiger partial charge < -0.3 is 54.5 Å². The molecule has 6 N–H and O–H groups in total. The number of ether oxygens (including phenoxy) is 5. The van der Waals surface area contributed by atoms with Crippen LogP contribution in [0.15, 0.2) is 52.9 Å². The predicted octanol–water partition coefficient (Wildman–Crippen LogP) is 4.50. The van der Waals surface area contributed by atoms with Crippen LogP contribution in [-0.2, 0) is 25.5 Å². The number of Topliss-reactive ketones (excluding diaryl/α,β-unsaturated/α-hetero) is 1. The third-order valence-electron chi connectivity index (χ3n) is 13.8. The molecule has 3 saturated carbocycles. The summed E-state index contributed by atoms with van der Waals surface area (Å²) in [6, 6.07) is -0.761. The number of hydrogen-bond donors (Lipinski definition) is 6. The first-order chi connectivity index (χ1) is 29.8. The number of benzene rings is 1. The molecule has 4 fully saturated rings. The van der Waals surface area contributed by atoms with Gasteiger partial charge in [0.05, 0.1) is 36.6 Å². The highest BCUT2D eigenvalue weighted by molar-refractivity contribution is 6.02. The summed E-state index contributed by atoms with van der Waals surface area (Å²) in [6.45, 7) is 15.0. The van der Waals surface area contributed by atoms with Crippen LogP contribution in [0.1, 0.15) is 104 Å². The summed E-state index contributed by atoms with van der Waals surface area (Å²) >= 11 is 0. The van der Waals surface area contributed by atoms with Crippen molar-refractivity contribution in [2.24, 2.45) is 17.8 Å². The number of anilines is 1. The van der Waals surface area contributed by atoms with Crippen LogP contribution in [0.3, 0.4) is 0 Å². The highest BCUT2D eigenvalue weighted by Gasteiger charge is 2.77. The van der Waals surface area contributed by atoms with Crippen molar-refractivity contribution in [2.75, 3.05) is 19.0 Å². The van der Waals surface area contributed by atoms with Gasteiger partial charge in [0.25, 0.3) is 0 Å². The first-order valence-electron chi connectivity index (χ1n) is 21.8. The van der Waals surface area contributed by atoms with Crippen LogP contribution in [0.4, 0.5) is 5.95 Å². The highest BCUT2D eigenvalue weighted by atomic mass is 16.7. The molecule has 4 aliphatic heterocycles. The molecule has 16 nitrogen and oxygen atoms in total. The first kappa shape index (κ1) is 44.8. The van der Waals surface area contributed by atoms with Crippen LogP contribution in [0.2, 0.25) is 0 Å². The molecule has 340 valence electrons. The number of ketones is 1. The quantitative estimate of drug-likeness (QED) is 0.0982. The van der Waals surface area contributed by atoms with Crippen molar-refractivity contribution < 1.29 is 58.8 Å². The minimum absolute atomic E-state index is 0.114. The van der Waals surface area contributed by atoms with Crippen LogP contribution in [0.25, 0.3) is 11.8 Å². The van der Waals surface area contributed by atoms with E-state index >= 15 is 4.79 Å². The molecule has 11 atom stereocenters. The van der Waals surface area contributed by atoms with Crippen LogP contribution in [-0.4, -0.2) is 113 Å². The lowest BCUT2D eigenvalue weighted by atomic mass is 9.46. The Labute approximate surface area is 366 Å². The van der Waals surface area contributed by atoms with Crippen LogP contribution >= 0.6 is 0 Å². The molecule has 9 rings (SSSR count). The summed E-state index contributed by atoms with van der Waals surface area (Å²) in [4.78, 5) is 32.5. The number of aliphatic hydroxyl groups is 5. The molecule has 3 aliphatic carbocycles. The number of carbonyl (C=O) groups excluding carboxylic acids is 2. The summed E-state index contributed by atoms with van der Waals surface area (Å²) in [5, 5.41) is 64.9. The van der Waals surface area contributed by atoms with Crippen LogP contribution in [0, 0.1) is 17.8 Å². The Bertz CT molecular complexity index is 2350. The van der Waals surface area contributed by atoms with Gasteiger partial charge in [0.1, 0.15) is 53.6 Å². The molecular formula is C47H60N4O12. The maximum atomic E-state index is 15.2. The number of carbonyl (C=O) groups is 2.